The largest absolute Gasteiger partial charge is 0.366 e. The van der Waals surface area contributed by atoms with Gasteiger partial charge in [0.1, 0.15) is 5.82 Å². The van der Waals surface area contributed by atoms with E-state index in [2.05, 4.69) is 35.2 Å². The zero-order valence-corrected chi connectivity index (χ0v) is 9.39. The maximum atomic E-state index is 4.42. The quantitative estimate of drug-likeness (QED) is 0.831. The van der Waals surface area contributed by atoms with Crippen molar-refractivity contribution in [3.8, 4) is 0 Å². The molecule has 0 amide bonds. The number of hydrogen-bond donors (Lipinski definition) is 1. The molecule has 0 radical (unpaired) electrons. The van der Waals surface area contributed by atoms with Crippen molar-refractivity contribution >= 4 is 17.6 Å². The van der Waals surface area contributed by atoms with Crippen LogP contribution >= 0.6 is 11.8 Å². The minimum atomic E-state index is 0.636. The summed E-state index contributed by atoms with van der Waals surface area (Å²) >= 11 is 2.05. The second-order valence-corrected chi connectivity index (χ2v) is 4.81. The van der Waals surface area contributed by atoms with Crippen LogP contribution in [-0.2, 0) is 6.54 Å². The van der Waals surface area contributed by atoms with Crippen molar-refractivity contribution in [3.05, 3.63) is 12.3 Å². The van der Waals surface area contributed by atoms with Gasteiger partial charge in [-0.2, -0.15) is 16.9 Å². The smallest absolute Gasteiger partial charge is 0.148 e. The minimum absolute atomic E-state index is 0.636. The Bertz CT molecular complexity index is 279. The normalized spacial score (nSPS) is 18.4. The molecule has 0 aliphatic carbocycles. The van der Waals surface area contributed by atoms with Crippen molar-refractivity contribution in [1.82, 2.24) is 9.78 Å². The Morgan fingerprint density at radius 3 is 3.00 bits per heavy atom. The highest BCUT2D eigenvalue weighted by atomic mass is 32.2. The second kappa shape index (κ2) is 4.73. The second-order valence-electron chi connectivity index (χ2n) is 3.59. The molecule has 1 saturated heterocycles. The molecule has 1 fully saturated rings. The van der Waals surface area contributed by atoms with Crippen LogP contribution in [-0.4, -0.2) is 27.3 Å². The first kappa shape index (κ1) is 9.90. The fraction of sp³-hybridized carbons (Fsp3) is 0.700. The topological polar surface area (TPSA) is 29.9 Å². The lowest BCUT2D eigenvalue weighted by atomic mass is 10.1. The van der Waals surface area contributed by atoms with Gasteiger partial charge in [-0.3, -0.25) is 4.68 Å². The fourth-order valence-electron chi connectivity index (χ4n) is 1.67. The van der Waals surface area contributed by atoms with Gasteiger partial charge in [0.25, 0.3) is 0 Å². The van der Waals surface area contributed by atoms with E-state index in [-0.39, 0.29) is 0 Å². The van der Waals surface area contributed by atoms with E-state index < -0.39 is 0 Å². The molecule has 1 aromatic heterocycles. The molecule has 3 nitrogen and oxygen atoms in total. The van der Waals surface area contributed by atoms with Crippen LogP contribution in [0.2, 0.25) is 0 Å². The van der Waals surface area contributed by atoms with E-state index in [1.807, 2.05) is 10.9 Å². The van der Waals surface area contributed by atoms with E-state index in [4.69, 9.17) is 0 Å². The summed E-state index contributed by atoms with van der Waals surface area (Å²) in [4.78, 5) is 0. The van der Waals surface area contributed by atoms with Crippen LogP contribution in [0.3, 0.4) is 0 Å². The molecule has 1 aromatic rings. The van der Waals surface area contributed by atoms with Crippen LogP contribution in [0.4, 0.5) is 5.82 Å². The average molecular weight is 211 g/mol. The summed E-state index contributed by atoms with van der Waals surface area (Å²) in [5.41, 5.74) is 0. The lowest BCUT2D eigenvalue weighted by molar-refractivity contribution is 0.639. The molecule has 0 aromatic carbocycles. The third kappa shape index (κ3) is 2.44. The Labute approximate surface area is 89.3 Å². The highest BCUT2D eigenvalue weighted by Crippen LogP contribution is 2.19. The molecular formula is C10H17N3S. The molecule has 0 bridgehead atoms. The third-order valence-corrected chi connectivity index (χ3v) is 3.59. The van der Waals surface area contributed by atoms with Gasteiger partial charge in [0.05, 0.1) is 0 Å². The summed E-state index contributed by atoms with van der Waals surface area (Å²) in [6, 6.07) is 2.70. The molecule has 14 heavy (non-hydrogen) atoms. The van der Waals surface area contributed by atoms with Crippen molar-refractivity contribution in [2.24, 2.45) is 0 Å². The Hall–Kier alpha value is -0.640. The molecule has 4 heteroatoms. The maximum Gasteiger partial charge on any atom is 0.148 e. The van der Waals surface area contributed by atoms with Crippen molar-refractivity contribution in [2.75, 3.05) is 16.8 Å². The van der Waals surface area contributed by atoms with E-state index in [0.717, 1.165) is 12.4 Å². The standard InChI is InChI=1S/C10H17N3S/c1-2-13-6-3-10(12-13)11-9-4-7-14-8-5-9/h3,6,9H,2,4-5,7-8H2,1H3,(H,11,12). The lowest BCUT2D eigenvalue weighted by Crippen LogP contribution is -2.24. The van der Waals surface area contributed by atoms with Gasteiger partial charge in [-0.25, -0.2) is 0 Å². The van der Waals surface area contributed by atoms with Crippen LogP contribution in [0.25, 0.3) is 0 Å². The highest BCUT2D eigenvalue weighted by molar-refractivity contribution is 7.99. The number of hydrogen-bond acceptors (Lipinski definition) is 3. The molecule has 78 valence electrons. The number of rotatable bonds is 3. The van der Waals surface area contributed by atoms with Crippen LogP contribution in [0, 0.1) is 0 Å². The predicted octanol–water partition coefficient (Wildman–Crippen LogP) is 2.21. The summed E-state index contributed by atoms with van der Waals surface area (Å²) in [6.07, 6.45) is 4.56. The van der Waals surface area contributed by atoms with Gasteiger partial charge >= 0.3 is 0 Å². The zero-order chi connectivity index (χ0) is 9.80. The average Bonchev–Trinajstić information content (AvgIpc) is 2.67. The van der Waals surface area contributed by atoms with Crippen molar-refractivity contribution in [3.63, 3.8) is 0 Å². The molecule has 1 N–H and O–H groups in total. The maximum absolute atomic E-state index is 4.42. The molecule has 2 rings (SSSR count). The summed E-state index contributed by atoms with van der Waals surface area (Å²) in [5, 5.41) is 7.91. The van der Waals surface area contributed by atoms with Gasteiger partial charge in [0.2, 0.25) is 0 Å². The van der Waals surface area contributed by atoms with E-state index in [0.29, 0.717) is 6.04 Å². The Morgan fingerprint density at radius 1 is 1.57 bits per heavy atom. The number of aryl methyl sites for hydroxylation is 1. The monoisotopic (exact) mass is 211 g/mol. The number of aromatic nitrogens is 2. The van der Waals surface area contributed by atoms with Gasteiger partial charge in [0.15, 0.2) is 0 Å². The summed E-state index contributed by atoms with van der Waals surface area (Å²) < 4.78 is 1.96. The lowest BCUT2D eigenvalue weighted by Gasteiger charge is -2.22. The number of nitrogens with zero attached hydrogens (tertiary/aromatic N) is 2. The number of nitrogens with one attached hydrogen (secondary N) is 1. The predicted molar refractivity (Wildman–Crippen MR) is 61.9 cm³/mol. The van der Waals surface area contributed by atoms with Gasteiger partial charge in [-0.05, 0) is 31.3 Å². The van der Waals surface area contributed by atoms with Gasteiger partial charge in [-0.1, -0.05) is 0 Å². The first-order valence-corrected chi connectivity index (χ1v) is 6.41. The molecule has 0 saturated carbocycles. The number of thioether (sulfide) groups is 1. The highest BCUT2D eigenvalue weighted by Gasteiger charge is 2.13. The van der Waals surface area contributed by atoms with Gasteiger partial charge in [0, 0.05) is 24.8 Å². The minimum Gasteiger partial charge on any atom is -0.366 e. The summed E-state index contributed by atoms with van der Waals surface area (Å²) in [6.45, 7) is 3.05. The molecule has 0 unspecified atom stereocenters. The van der Waals surface area contributed by atoms with Crippen LogP contribution in [0.15, 0.2) is 12.3 Å². The van der Waals surface area contributed by atoms with Crippen LogP contribution in [0.1, 0.15) is 19.8 Å². The van der Waals surface area contributed by atoms with Crippen molar-refractivity contribution in [2.45, 2.75) is 32.4 Å². The summed E-state index contributed by atoms with van der Waals surface area (Å²) in [5.74, 6) is 3.60. The van der Waals surface area contributed by atoms with Gasteiger partial charge in [-0.15, -0.1) is 0 Å². The Balaban J connectivity index is 1.89. The molecule has 1 aliphatic heterocycles. The Morgan fingerprint density at radius 2 is 2.36 bits per heavy atom. The summed E-state index contributed by atoms with van der Waals surface area (Å²) in [7, 11) is 0. The first-order chi connectivity index (χ1) is 6.88. The fourth-order valence-corrected chi connectivity index (χ4v) is 2.77. The number of anilines is 1. The SMILES string of the molecule is CCn1ccc(NC2CCSCC2)n1. The zero-order valence-electron chi connectivity index (χ0n) is 8.57. The first-order valence-electron chi connectivity index (χ1n) is 5.26. The molecule has 1 aliphatic rings. The van der Waals surface area contributed by atoms with Crippen molar-refractivity contribution in [1.29, 1.82) is 0 Å². The van der Waals surface area contributed by atoms with E-state index in [9.17, 15) is 0 Å². The van der Waals surface area contributed by atoms with E-state index in [1.165, 1.54) is 24.3 Å². The molecule has 0 spiro atoms. The van der Waals surface area contributed by atoms with E-state index in [1.54, 1.807) is 0 Å². The van der Waals surface area contributed by atoms with Gasteiger partial charge < -0.3 is 5.32 Å². The van der Waals surface area contributed by atoms with E-state index >= 15 is 0 Å². The van der Waals surface area contributed by atoms with Crippen LogP contribution < -0.4 is 5.32 Å². The molecular weight excluding hydrogens is 194 g/mol. The van der Waals surface area contributed by atoms with Crippen LogP contribution in [0.5, 0.6) is 0 Å². The Kier molecular flexibility index (Phi) is 3.35. The third-order valence-electron chi connectivity index (χ3n) is 2.54. The molecule has 2 heterocycles. The molecule has 0 atom stereocenters. The van der Waals surface area contributed by atoms with Crippen molar-refractivity contribution < 1.29 is 0 Å².